The minimum atomic E-state index is -4.51. The lowest BCUT2D eigenvalue weighted by molar-refractivity contribution is -0.137. The maximum Gasteiger partial charge on any atom is 0.416 e. The van der Waals surface area contributed by atoms with Gasteiger partial charge in [-0.15, -0.1) is 16.8 Å². The Hall–Kier alpha value is -4.00. The van der Waals surface area contributed by atoms with Crippen molar-refractivity contribution in [2.45, 2.75) is 24.4 Å². The first-order valence-electron chi connectivity index (χ1n) is 10.8. The molecule has 0 aliphatic carbocycles. The highest BCUT2D eigenvalue weighted by Gasteiger charge is 2.30. The third-order valence-electron chi connectivity index (χ3n) is 4.96. The molecular weight excluding hydrogens is 511 g/mol. The summed E-state index contributed by atoms with van der Waals surface area (Å²) in [5.41, 5.74) is -0.469. The average Bonchev–Trinajstić information content (AvgIpc) is 3.26. The SMILES string of the molecule is C=CCn1c(CNC(=O)c2ccc(OC)c(OC)c2)nnc1SCC(=O)Nc1cccc(C(F)(F)F)c1. The van der Waals surface area contributed by atoms with Gasteiger partial charge in [0, 0.05) is 17.8 Å². The van der Waals surface area contributed by atoms with Gasteiger partial charge in [0.05, 0.1) is 32.1 Å². The normalized spacial score (nSPS) is 11.1. The van der Waals surface area contributed by atoms with Gasteiger partial charge < -0.3 is 24.7 Å². The third kappa shape index (κ3) is 7.26. The smallest absolute Gasteiger partial charge is 0.416 e. The first kappa shape index (κ1) is 27.6. The van der Waals surface area contributed by atoms with Crippen LogP contribution in [0.4, 0.5) is 18.9 Å². The number of nitrogens with one attached hydrogen (secondary N) is 2. The number of thioether (sulfide) groups is 1. The van der Waals surface area contributed by atoms with E-state index in [9.17, 15) is 22.8 Å². The van der Waals surface area contributed by atoms with Crippen molar-refractivity contribution in [2.75, 3.05) is 25.3 Å². The maximum atomic E-state index is 12.9. The molecule has 0 bridgehead atoms. The van der Waals surface area contributed by atoms with E-state index in [2.05, 4.69) is 27.4 Å². The molecule has 0 saturated heterocycles. The second-order valence-corrected chi connectivity index (χ2v) is 8.41. The summed E-state index contributed by atoms with van der Waals surface area (Å²) in [6.45, 7) is 4.06. The van der Waals surface area contributed by atoms with E-state index in [0.29, 0.717) is 34.6 Å². The number of anilines is 1. The molecule has 1 heterocycles. The highest BCUT2D eigenvalue weighted by atomic mass is 32.2. The van der Waals surface area contributed by atoms with E-state index in [4.69, 9.17) is 9.47 Å². The quantitative estimate of drug-likeness (QED) is 0.280. The standard InChI is InChI=1S/C24H24F3N5O4S/c1-4-10-32-20(13-28-22(34)15-8-9-18(35-2)19(11-15)36-3)30-31-23(32)37-14-21(33)29-17-7-5-6-16(12-17)24(25,26)27/h4-9,11-12H,1,10,13-14H2,2-3H3,(H,28,34)(H,29,33). The highest BCUT2D eigenvalue weighted by Crippen LogP contribution is 2.31. The lowest BCUT2D eigenvalue weighted by Gasteiger charge is -2.11. The number of benzene rings is 2. The number of carbonyl (C=O) groups excluding carboxylic acids is 2. The monoisotopic (exact) mass is 535 g/mol. The van der Waals surface area contributed by atoms with Gasteiger partial charge >= 0.3 is 6.18 Å². The number of allylic oxidation sites excluding steroid dienone is 1. The van der Waals surface area contributed by atoms with Crippen LogP contribution in [0.2, 0.25) is 0 Å². The summed E-state index contributed by atoms with van der Waals surface area (Å²) in [4.78, 5) is 24.9. The summed E-state index contributed by atoms with van der Waals surface area (Å²) in [7, 11) is 2.96. The van der Waals surface area contributed by atoms with E-state index in [1.807, 2.05) is 0 Å². The van der Waals surface area contributed by atoms with Crippen LogP contribution in [0.3, 0.4) is 0 Å². The molecule has 0 fully saturated rings. The molecule has 2 aromatic carbocycles. The van der Waals surface area contributed by atoms with Crippen molar-refractivity contribution in [1.29, 1.82) is 0 Å². The van der Waals surface area contributed by atoms with Crippen LogP contribution < -0.4 is 20.1 Å². The largest absolute Gasteiger partial charge is 0.493 e. The zero-order chi connectivity index (χ0) is 27.0. The molecule has 37 heavy (non-hydrogen) atoms. The molecule has 0 aliphatic heterocycles. The Kier molecular flexibility index (Phi) is 9.17. The van der Waals surface area contributed by atoms with Gasteiger partial charge in [-0.2, -0.15) is 13.2 Å². The Bertz CT molecular complexity index is 1280. The average molecular weight is 536 g/mol. The lowest BCUT2D eigenvalue weighted by atomic mass is 10.2. The van der Waals surface area contributed by atoms with E-state index in [1.54, 1.807) is 28.8 Å². The van der Waals surface area contributed by atoms with E-state index < -0.39 is 17.6 Å². The van der Waals surface area contributed by atoms with Gasteiger partial charge in [0.1, 0.15) is 0 Å². The van der Waals surface area contributed by atoms with Gasteiger partial charge in [0.25, 0.3) is 5.91 Å². The number of rotatable bonds is 11. The fourth-order valence-electron chi connectivity index (χ4n) is 3.21. The van der Waals surface area contributed by atoms with E-state index in [-0.39, 0.29) is 23.9 Å². The Morgan fingerprint density at radius 1 is 1.11 bits per heavy atom. The second-order valence-electron chi connectivity index (χ2n) is 7.47. The summed E-state index contributed by atoms with van der Waals surface area (Å²) in [5, 5.41) is 13.7. The predicted octanol–water partition coefficient (Wildman–Crippen LogP) is 4.16. The molecule has 9 nitrogen and oxygen atoms in total. The molecule has 3 rings (SSSR count). The minimum absolute atomic E-state index is 0.0338. The molecule has 0 unspecified atom stereocenters. The van der Waals surface area contributed by atoms with Gasteiger partial charge in [-0.05, 0) is 36.4 Å². The number of alkyl halides is 3. The maximum absolute atomic E-state index is 12.9. The molecule has 0 radical (unpaired) electrons. The van der Waals surface area contributed by atoms with Crippen molar-refractivity contribution in [3.63, 3.8) is 0 Å². The molecule has 0 aliphatic rings. The fourth-order valence-corrected chi connectivity index (χ4v) is 3.97. The van der Waals surface area contributed by atoms with E-state index >= 15 is 0 Å². The third-order valence-corrected chi connectivity index (χ3v) is 5.93. The van der Waals surface area contributed by atoms with Crippen LogP contribution in [0, 0.1) is 0 Å². The van der Waals surface area contributed by atoms with Crippen LogP contribution in [-0.2, 0) is 24.1 Å². The molecule has 1 aromatic heterocycles. The van der Waals surface area contributed by atoms with Crippen LogP contribution in [0.1, 0.15) is 21.7 Å². The number of ether oxygens (including phenoxy) is 2. The summed E-state index contributed by atoms with van der Waals surface area (Å²) < 4.78 is 50.7. The van der Waals surface area contributed by atoms with E-state index in [0.717, 1.165) is 23.9 Å². The number of aromatic nitrogens is 3. The van der Waals surface area contributed by atoms with Gasteiger partial charge in [-0.25, -0.2) is 0 Å². The second kappa shape index (κ2) is 12.3. The van der Waals surface area contributed by atoms with Crippen molar-refractivity contribution in [2.24, 2.45) is 0 Å². The van der Waals surface area contributed by atoms with Crippen molar-refractivity contribution in [3.8, 4) is 11.5 Å². The van der Waals surface area contributed by atoms with Crippen LogP contribution in [0.15, 0.2) is 60.3 Å². The molecule has 0 saturated carbocycles. The van der Waals surface area contributed by atoms with Gasteiger partial charge in [-0.3, -0.25) is 9.59 Å². The lowest BCUT2D eigenvalue weighted by Crippen LogP contribution is -2.25. The minimum Gasteiger partial charge on any atom is -0.493 e. The van der Waals surface area contributed by atoms with Crippen LogP contribution in [0.25, 0.3) is 0 Å². The summed E-state index contributed by atoms with van der Waals surface area (Å²) >= 11 is 1.05. The number of halogens is 3. The fraction of sp³-hybridized carbons (Fsp3) is 0.250. The number of nitrogens with zero attached hydrogens (tertiary/aromatic N) is 3. The van der Waals surface area contributed by atoms with E-state index in [1.165, 1.54) is 26.4 Å². The summed E-state index contributed by atoms with van der Waals surface area (Å²) in [6, 6.07) is 9.14. The number of methoxy groups -OCH3 is 2. The van der Waals surface area contributed by atoms with Crippen LogP contribution in [0.5, 0.6) is 11.5 Å². The summed E-state index contributed by atoms with van der Waals surface area (Å²) in [5.74, 6) is 0.318. The Morgan fingerprint density at radius 3 is 2.54 bits per heavy atom. The van der Waals surface area contributed by atoms with Crippen LogP contribution in [-0.4, -0.2) is 46.6 Å². The van der Waals surface area contributed by atoms with Gasteiger partial charge in [0.15, 0.2) is 22.5 Å². The Labute approximate surface area is 215 Å². The number of hydrogen-bond donors (Lipinski definition) is 2. The zero-order valence-electron chi connectivity index (χ0n) is 20.0. The molecule has 2 amide bonds. The zero-order valence-corrected chi connectivity index (χ0v) is 20.8. The molecule has 0 spiro atoms. The van der Waals surface area contributed by atoms with Crippen LogP contribution >= 0.6 is 11.8 Å². The first-order valence-corrected chi connectivity index (χ1v) is 11.8. The molecular formula is C24H24F3N5O4S. The molecule has 196 valence electrons. The summed E-state index contributed by atoms with van der Waals surface area (Å²) in [6.07, 6.45) is -2.91. The first-order chi connectivity index (χ1) is 17.7. The van der Waals surface area contributed by atoms with Crippen molar-refractivity contribution in [1.82, 2.24) is 20.1 Å². The van der Waals surface area contributed by atoms with Crippen molar-refractivity contribution < 1.29 is 32.2 Å². The van der Waals surface area contributed by atoms with Crippen molar-refractivity contribution >= 4 is 29.3 Å². The predicted molar refractivity (Wildman–Crippen MR) is 132 cm³/mol. The Balaban J connectivity index is 1.62. The molecule has 0 atom stereocenters. The van der Waals surface area contributed by atoms with Crippen molar-refractivity contribution in [3.05, 3.63) is 72.1 Å². The highest BCUT2D eigenvalue weighted by molar-refractivity contribution is 7.99. The Morgan fingerprint density at radius 2 is 1.86 bits per heavy atom. The molecule has 3 aromatic rings. The number of amides is 2. The number of carbonyl (C=O) groups is 2. The topological polar surface area (TPSA) is 107 Å². The van der Waals surface area contributed by atoms with Gasteiger partial charge in [0.2, 0.25) is 5.91 Å². The van der Waals surface area contributed by atoms with Gasteiger partial charge in [-0.1, -0.05) is 23.9 Å². The molecule has 2 N–H and O–H groups in total. The molecule has 13 heteroatoms. The number of hydrogen-bond acceptors (Lipinski definition) is 7.